The Labute approximate surface area is 94.5 Å². The van der Waals surface area contributed by atoms with E-state index in [4.69, 9.17) is 11.6 Å². The number of nitrogens with one attached hydrogen (secondary N) is 2. The van der Waals surface area contributed by atoms with Gasteiger partial charge >= 0.3 is 0 Å². The number of hydrogen-bond acceptors (Lipinski definition) is 4. The van der Waals surface area contributed by atoms with Crippen LogP contribution in [0.15, 0.2) is 12.3 Å². The molecule has 0 aromatic carbocycles. The van der Waals surface area contributed by atoms with Gasteiger partial charge in [0.1, 0.15) is 5.82 Å². The fourth-order valence-electron chi connectivity index (χ4n) is 1.76. The maximum absolute atomic E-state index is 5.69. The predicted octanol–water partition coefficient (Wildman–Crippen LogP) is 1.68. The zero-order chi connectivity index (χ0) is 10.5. The van der Waals surface area contributed by atoms with E-state index in [9.17, 15) is 0 Å². The van der Waals surface area contributed by atoms with Crippen LogP contribution in [-0.2, 0) is 0 Å². The molecule has 15 heavy (non-hydrogen) atoms. The van der Waals surface area contributed by atoms with E-state index >= 15 is 0 Å². The first-order valence-corrected chi connectivity index (χ1v) is 5.68. The molecule has 0 saturated carbocycles. The summed E-state index contributed by atoms with van der Waals surface area (Å²) < 4.78 is 0. The van der Waals surface area contributed by atoms with Gasteiger partial charge in [-0.15, -0.1) is 0 Å². The van der Waals surface area contributed by atoms with E-state index in [1.807, 2.05) is 6.07 Å². The van der Waals surface area contributed by atoms with Crippen molar-refractivity contribution in [3.05, 3.63) is 17.5 Å². The predicted molar refractivity (Wildman–Crippen MR) is 61.2 cm³/mol. The van der Waals surface area contributed by atoms with Crippen LogP contribution in [0.1, 0.15) is 19.3 Å². The molecule has 1 aromatic heterocycles. The Balaban J connectivity index is 1.81. The molecule has 2 N–H and O–H groups in total. The first-order valence-electron chi connectivity index (χ1n) is 5.30. The lowest BCUT2D eigenvalue weighted by Crippen LogP contribution is -2.39. The quantitative estimate of drug-likeness (QED) is 0.771. The summed E-state index contributed by atoms with van der Waals surface area (Å²) in [4.78, 5) is 7.91. The average Bonchev–Trinajstić information content (AvgIpc) is 2.28. The zero-order valence-corrected chi connectivity index (χ0v) is 9.30. The van der Waals surface area contributed by atoms with Crippen molar-refractivity contribution in [2.75, 3.05) is 18.4 Å². The highest BCUT2D eigenvalue weighted by Crippen LogP contribution is 2.09. The Kier molecular flexibility index (Phi) is 3.75. The van der Waals surface area contributed by atoms with Crippen LogP contribution in [0.25, 0.3) is 0 Å². The molecule has 0 amide bonds. The third-order valence-electron chi connectivity index (χ3n) is 2.57. The third kappa shape index (κ3) is 3.32. The van der Waals surface area contributed by atoms with E-state index in [0.717, 1.165) is 18.9 Å². The molecule has 0 bridgehead atoms. The number of rotatable bonds is 3. The van der Waals surface area contributed by atoms with Gasteiger partial charge in [0.25, 0.3) is 0 Å². The Morgan fingerprint density at radius 1 is 1.53 bits per heavy atom. The van der Waals surface area contributed by atoms with Gasteiger partial charge < -0.3 is 10.6 Å². The number of piperidine rings is 1. The van der Waals surface area contributed by atoms with Crippen LogP contribution in [0.2, 0.25) is 5.28 Å². The molecule has 1 aliphatic heterocycles. The number of aromatic nitrogens is 2. The summed E-state index contributed by atoms with van der Waals surface area (Å²) in [6, 6.07) is 2.38. The van der Waals surface area contributed by atoms with E-state index in [1.54, 1.807) is 6.20 Å². The van der Waals surface area contributed by atoms with Gasteiger partial charge in [-0.1, -0.05) is 6.42 Å². The topological polar surface area (TPSA) is 49.8 Å². The van der Waals surface area contributed by atoms with Crippen molar-refractivity contribution < 1.29 is 0 Å². The zero-order valence-electron chi connectivity index (χ0n) is 8.54. The van der Waals surface area contributed by atoms with Crippen LogP contribution in [0.3, 0.4) is 0 Å². The highest BCUT2D eigenvalue weighted by Gasteiger charge is 2.11. The van der Waals surface area contributed by atoms with E-state index in [-0.39, 0.29) is 5.28 Å². The number of nitrogens with zero attached hydrogens (tertiary/aromatic N) is 2. The van der Waals surface area contributed by atoms with Crippen molar-refractivity contribution in [2.45, 2.75) is 25.3 Å². The maximum Gasteiger partial charge on any atom is 0.224 e. The molecule has 1 fully saturated rings. The molecule has 1 aliphatic rings. The molecule has 1 saturated heterocycles. The Bertz CT molecular complexity index is 312. The van der Waals surface area contributed by atoms with Gasteiger partial charge in [-0.2, -0.15) is 0 Å². The standard InChI is InChI=1S/C10H15ClN4/c11-10-13-6-4-9(15-10)14-7-8-3-1-2-5-12-8/h4,6,8,12H,1-3,5,7H2,(H,13,14,15)/t8-/m1/s1. The first-order chi connectivity index (χ1) is 7.34. The molecule has 82 valence electrons. The molecular weight excluding hydrogens is 212 g/mol. The highest BCUT2D eigenvalue weighted by atomic mass is 35.5. The largest absolute Gasteiger partial charge is 0.368 e. The van der Waals surface area contributed by atoms with Gasteiger partial charge in [-0.3, -0.25) is 0 Å². The molecule has 0 unspecified atom stereocenters. The second-order valence-corrected chi connectivity index (χ2v) is 4.08. The van der Waals surface area contributed by atoms with Crippen LogP contribution in [0.5, 0.6) is 0 Å². The first kappa shape index (κ1) is 10.6. The van der Waals surface area contributed by atoms with Crippen molar-refractivity contribution in [1.29, 1.82) is 0 Å². The monoisotopic (exact) mass is 226 g/mol. The minimum Gasteiger partial charge on any atom is -0.368 e. The Hall–Kier alpha value is -0.870. The van der Waals surface area contributed by atoms with Crippen molar-refractivity contribution in [3.8, 4) is 0 Å². The number of halogens is 1. The molecule has 2 heterocycles. The maximum atomic E-state index is 5.69. The molecule has 0 aliphatic carbocycles. The summed E-state index contributed by atoms with van der Waals surface area (Å²) in [5.41, 5.74) is 0. The molecule has 5 heteroatoms. The van der Waals surface area contributed by atoms with E-state index < -0.39 is 0 Å². The van der Waals surface area contributed by atoms with Crippen LogP contribution in [0.4, 0.5) is 5.82 Å². The van der Waals surface area contributed by atoms with Gasteiger partial charge in [0.15, 0.2) is 0 Å². The van der Waals surface area contributed by atoms with Crippen molar-refractivity contribution in [2.24, 2.45) is 0 Å². The molecule has 0 spiro atoms. The van der Waals surface area contributed by atoms with Crippen LogP contribution in [-0.4, -0.2) is 29.1 Å². The second kappa shape index (κ2) is 5.28. The fourth-order valence-corrected chi connectivity index (χ4v) is 1.91. The van der Waals surface area contributed by atoms with Crippen molar-refractivity contribution in [1.82, 2.24) is 15.3 Å². The lowest BCUT2D eigenvalue weighted by atomic mass is 10.1. The van der Waals surface area contributed by atoms with E-state index in [1.165, 1.54) is 19.3 Å². The molecular formula is C10H15ClN4. The van der Waals surface area contributed by atoms with Crippen LogP contribution in [0, 0.1) is 0 Å². The number of hydrogen-bond donors (Lipinski definition) is 2. The summed E-state index contributed by atoms with van der Waals surface area (Å²) in [5, 5.41) is 7.01. The SMILES string of the molecule is Clc1nccc(NC[C@H]2CCCCN2)n1. The van der Waals surface area contributed by atoms with Gasteiger partial charge in [0.2, 0.25) is 5.28 Å². The van der Waals surface area contributed by atoms with Gasteiger partial charge in [0, 0.05) is 18.8 Å². The molecule has 4 nitrogen and oxygen atoms in total. The van der Waals surface area contributed by atoms with E-state index in [0.29, 0.717) is 6.04 Å². The summed E-state index contributed by atoms with van der Waals surface area (Å²) in [6.45, 7) is 2.02. The van der Waals surface area contributed by atoms with Crippen molar-refractivity contribution in [3.63, 3.8) is 0 Å². The fraction of sp³-hybridized carbons (Fsp3) is 0.600. The minimum absolute atomic E-state index is 0.289. The minimum atomic E-state index is 0.289. The third-order valence-corrected chi connectivity index (χ3v) is 2.75. The van der Waals surface area contributed by atoms with Gasteiger partial charge in [0.05, 0.1) is 0 Å². The summed E-state index contributed by atoms with van der Waals surface area (Å²) in [5.74, 6) is 0.794. The second-order valence-electron chi connectivity index (χ2n) is 3.74. The van der Waals surface area contributed by atoms with Crippen LogP contribution < -0.4 is 10.6 Å². The van der Waals surface area contributed by atoms with E-state index in [2.05, 4.69) is 20.6 Å². The smallest absolute Gasteiger partial charge is 0.224 e. The molecule has 1 atom stereocenters. The normalized spacial score (nSPS) is 21.3. The lowest BCUT2D eigenvalue weighted by Gasteiger charge is -2.23. The summed E-state index contributed by atoms with van der Waals surface area (Å²) >= 11 is 5.69. The van der Waals surface area contributed by atoms with Gasteiger partial charge in [-0.05, 0) is 37.1 Å². The van der Waals surface area contributed by atoms with Crippen LogP contribution >= 0.6 is 11.6 Å². The Morgan fingerprint density at radius 3 is 3.20 bits per heavy atom. The summed E-state index contributed by atoms with van der Waals surface area (Å²) in [7, 11) is 0. The van der Waals surface area contributed by atoms with Gasteiger partial charge in [-0.25, -0.2) is 9.97 Å². The average molecular weight is 227 g/mol. The summed E-state index contributed by atoms with van der Waals surface area (Å²) in [6.07, 6.45) is 5.48. The number of anilines is 1. The lowest BCUT2D eigenvalue weighted by molar-refractivity contribution is 0.414. The molecule has 0 radical (unpaired) electrons. The molecule has 2 rings (SSSR count). The molecule has 1 aromatic rings. The highest BCUT2D eigenvalue weighted by molar-refractivity contribution is 6.28. The van der Waals surface area contributed by atoms with Crippen molar-refractivity contribution >= 4 is 17.4 Å². The Morgan fingerprint density at radius 2 is 2.47 bits per heavy atom.